The number of carbonyl (C=O) groups is 1. The van der Waals surface area contributed by atoms with Crippen LogP contribution in [-0.4, -0.2) is 25.3 Å². The van der Waals surface area contributed by atoms with Crippen LogP contribution >= 0.6 is 15.9 Å². The number of carboxylic acids is 1. The van der Waals surface area contributed by atoms with Crippen molar-refractivity contribution in [3.05, 3.63) is 21.7 Å². The van der Waals surface area contributed by atoms with Gasteiger partial charge in [0.05, 0.1) is 18.7 Å². The van der Waals surface area contributed by atoms with Gasteiger partial charge in [0.15, 0.2) is 11.5 Å². The van der Waals surface area contributed by atoms with E-state index in [0.717, 1.165) is 15.6 Å². The first-order chi connectivity index (χ1) is 8.51. The van der Waals surface area contributed by atoms with Crippen molar-refractivity contribution in [2.75, 3.05) is 14.2 Å². The number of benzene rings is 1. The number of aryl methyl sites for hydroxylation is 1. The predicted octanol–water partition coefficient (Wildman–Crippen LogP) is 3.18. The molecule has 4 nitrogen and oxygen atoms in total. The molecule has 0 spiro atoms. The van der Waals surface area contributed by atoms with Gasteiger partial charge in [-0.3, -0.25) is 4.79 Å². The third-order valence-electron chi connectivity index (χ3n) is 2.79. The first-order valence-electron chi connectivity index (χ1n) is 5.63. The van der Waals surface area contributed by atoms with Gasteiger partial charge in [0, 0.05) is 6.42 Å². The van der Waals surface area contributed by atoms with Gasteiger partial charge in [0.1, 0.15) is 0 Å². The van der Waals surface area contributed by atoms with Crippen LogP contribution in [0.25, 0.3) is 0 Å². The molecule has 1 aromatic carbocycles. The molecule has 1 N–H and O–H groups in total. The van der Waals surface area contributed by atoms with Gasteiger partial charge < -0.3 is 14.6 Å². The molecule has 0 saturated heterocycles. The first-order valence-corrected chi connectivity index (χ1v) is 6.42. The third-order valence-corrected chi connectivity index (χ3v) is 3.38. The Hall–Kier alpha value is -1.23. The van der Waals surface area contributed by atoms with E-state index in [9.17, 15) is 4.79 Å². The highest BCUT2D eigenvalue weighted by Crippen LogP contribution is 2.40. The number of aliphatic carboxylic acids is 1. The van der Waals surface area contributed by atoms with E-state index in [1.165, 1.54) is 0 Å². The van der Waals surface area contributed by atoms with Crippen LogP contribution in [0.5, 0.6) is 11.5 Å². The van der Waals surface area contributed by atoms with Crippen molar-refractivity contribution in [3.8, 4) is 11.5 Å². The summed E-state index contributed by atoms with van der Waals surface area (Å²) in [5, 5.41) is 8.64. The van der Waals surface area contributed by atoms with Crippen LogP contribution in [0, 0.1) is 6.92 Å². The molecule has 0 amide bonds. The lowest BCUT2D eigenvalue weighted by Crippen LogP contribution is -2.01. The quantitative estimate of drug-likeness (QED) is 0.875. The maximum atomic E-state index is 10.5. The molecule has 0 unspecified atom stereocenters. The number of hydrogen-bond donors (Lipinski definition) is 1. The van der Waals surface area contributed by atoms with Crippen LogP contribution in [0.15, 0.2) is 10.5 Å². The number of methoxy groups -OCH3 is 2. The van der Waals surface area contributed by atoms with Crippen LogP contribution in [0.4, 0.5) is 0 Å². The van der Waals surface area contributed by atoms with Crippen molar-refractivity contribution in [3.63, 3.8) is 0 Å². The van der Waals surface area contributed by atoms with Crippen molar-refractivity contribution >= 4 is 21.9 Å². The lowest BCUT2D eigenvalue weighted by molar-refractivity contribution is -0.137. The second-order valence-electron chi connectivity index (χ2n) is 3.96. The molecule has 0 aliphatic rings. The highest BCUT2D eigenvalue weighted by atomic mass is 79.9. The van der Waals surface area contributed by atoms with E-state index in [1.54, 1.807) is 14.2 Å². The maximum absolute atomic E-state index is 10.5. The first kappa shape index (κ1) is 14.8. The summed E-state index contributed by atoms with van der Waals surface area (Å²) in [6, 6.07) is 1.96. The highest BCUT2D eigenvalue weighted by Gasteiger charge is 2.15. The van der Waals surface area contributed by atoms with E-state index in [4.69, 9.17) is 14.6 Å². The zero-order valence-electron chi connectivity index (χ0n) is 10.7. The van der Waals surface area contributed by atoms with Gasteiger partial charge in [-0.2, -0.15) is 0 Å². The maximum Gasteiger partial charge on any atom is 0.303 e. The van der Waals surface area contributed by atoms with Crippen molar-refractivity contribution in [2.45, 2.75) is 26.2 Å². The fraction of sp³-hybridized carbons (Fsp3) is 0.462. The summed E-state index contributed by atoms with van der Waals surface area (Å²) >= 11 is 3.43. The van der Waals surface area contributed by atoms with Crippen LogP contribution in [-0.2, 0) is 11.2 Å². The number of rotatable bonds is 6. The Morgan fingerprint density at radius 2 is 1.94 bits per heavy atom. The average Bonchev–Trinajstić information content (AvgIpc) is 2.32. The zero-order chi connectivity index (χ0) is 13.7. The zero-order valence-corrected chi connectivity index (χ0v) is 12.3. The van der Waals surface area contributed by atoms with Crippen LogP contribution in [0.3, 0.4) is 0 Å². The van der Waals surface area contributed by atoms with Crippen LogP contribution < -0.4 is 9.47 Å². The van der Waals surface area contributed by atoms with Gasteiger partial charge in [-0.1, -0.05) is 0 Å². The Kier molecular flexibility index (Phi) is 5.47. The standard InChI is InChI=1S/C13H17BrO4/c1-8-9(5-4-6-11(15)16)7-10(14)13(18-3)12(8)17-2/h7H,4-6H2,1-3H3,(H,15,16). The Balaban J connectivity index is 2.99. The van der Waals surface area contributed by atoms with E-state index in [0.29, 0.717) is 24.3 Å². The summed E-state index contributed by atoms with van der Waals surface area (Å²) in [5.41, 5.74) is 2.06. The molecule has 0 aliphatic heterocycles. The SMILES string of the molecule is COc1c(Br)cc(CCCC(=O)O)c(C)c1OC. The molecule has 0 radical (unpaired) electrons. The van der Waals surface area contributed by atoms with E-state index >= 15 is 0 Å². The van der Waals surface area contributed by atoms with Crippen LogP contribution in [0.2, 0.25) is 0 Å². The minimum absolute atomic E-state index is 0.172. The fourth-order valence-electron chi connectivity index (χ4n) is 1.88. The molecule has 1 aromatic rings. The molecule has 0 aliphatic carbocycles. The van der Waals surface area contributed by atoms with E-state index in [-0.39, 0.29) is 6.42 Å². The van der Waals surface area contributed by atoms with Crippen molar-refractivity contribution in [1.82, 2.24) is 0 Å². The molecule has 0 saturated carbocycles. The minimum Gasteiger partial charge on any atom is -0.493 e. The van der Waals surface area contributed by atoms with Gasteiger partial charge in [-0.05, 0) is 52.9 Å². The molecule has 100 valence electrons. The summed E-state index contributed by atoms with van der Waals surface area (Å²) in [6.07, 6.45) is 1.49. The Morgan fingerprint density at radius 1 is 1.33 bits per heavy atom. The highest BCUT2D eigenvalue weighted by molar-refractivity contribution is 9.10. The fourth-order valence-corrected chi connectivity index (χ4v) is 2.50. The minimum atomic E-state index is -0.771. The topological polar surface area (TPSA) is 55.8 Å². The molecular weight excluding hydrogens is 300 g/mol. The summed E-state index contributed by atoms with van der Waals surface area (Å²) in [6.45, 7) is 1.95. The van der Waals surface area contributed by atoms with E-state index in [2.05, 4.69) is 15.9 Å². The van der Waals surface area contributed by atoms with E-state index < -0.39 is 5.97 Å². The summed E-state index contributed by atoms with van der Waals surface area (Å²) < 4.78 is 11.4. The largest absolute Gasteiger partial charge is 0.493 e. The normalized spacial score (nSPS) is 10.2. The predicted molar refractivity (Wildman–Crippen MR) is 72.6 cm³/mol. The molecule has 0 heterocycles. The monoisotopic (exact) mass is 316 g/mol. The molecule has 0 bridgehead atoms. The second kappa shape index (κ2) is 6.64. The number of hydrogen-bond acceptors (Lipinski definition) is 3. The third kappa shape index (κ3) is 3.38. The molecule has 0 fully saturated rings. The smallest absolute Gasteiger partial charge is 0.303 e. The average molecular weight is 317 g/mol. The summed E-state index contributed by atoms with van der Waals surface area (Å²) in [7, 11) is 3.18. The summed E-state index contributed by atoms with van der Waals surface area (Å²) in [4.78, 5) is 10.5. The number of halogens is 1. The number of carboxylic acid groups (broad SMARTS) is 1. The van der Waals surface area contributed by atoms with Gasteiger partial charge in [-0.15, -0.1) is 0 Å². The summed E-state index contributed by atoms with van der Waals surface area (Å²) in [5.74, 6) is 0.585. The molecule has 1 rings (SSSR count). The lowest BCUT2D eigenvalue weighted by Gasteiger charge is -2.16. The van der Waals surface area contributed by atoms with Crippen molar-refractivity contribution < 1.29 is 19.4 Å². The van der Waals surface area contributed by atoms with Crippen molar-refractivity contribution in [2.24, 2.45) is 0 Å². The Labute approximate surface area is 115 Å². The Bertz CT molecular complexity index is 443. The molecular formula is C13H17BrO4. The van der Waals surface area contributed by atoms with Crippen LogP contribution in [0.1, 0.15) is 24.0 Å². The molecule has 0 aromatic heterocycles. The number of ether oxygens (including phenoxy) is 2. The molecule has 5 heteroatoms. The molecule has 18 heavy (non-hydrogen) atoms. The van der Waals surface area contributed by atoms with Gasteiger partial charge >= 0.3 is 5.97 Å². The molecule has 0 atom stereocenters. The second-order valence-corrected chi connectivity index (χ2v) is 4.81. The van der Waals surface area contributed by atoms with Gasteiger partial charge in [-0.25, -0.2) is 0 Å². The van der Waals surface area contributed by atoms with Gasteiger partial charge in [0.25, 0.3) is 0 Å². The Morgan fingerprint density at radius 3 is 2.44 bits per heavy atom. The van der Waals surface area contributed by atoms with E-state index in [1.807, 2.05) is 13.0 Å². The van der Waals surface area contributed by atoms with Gasteiger partial charge in [0.2, 0.25) is 0 Å². The lowest BCUT2D eigenvalue weighted by atomic mass is 10.0. The van der Waals surface area contributed by atoms with Crippen molar-refractivity contribution in [1.29, 1.82) is 0 Å².